The van der Waals surface area contributed by atoms with Gasteiger partial charge >= 0.3 is 5.69 Å². The Morgan fingerprint density at radius 3 is 2.41 bits per heavy atom. The van der Waals surface area contributed by atoms with Gasteiger partial charge in [-0.15, -0.1) is 0 Å². The van der Waals surface area contributed by atoms with E-state index in [2.05, 4.69) is 29.0 Å². The van der Waals surface area contributed by atoms with Gasteiger partial charge in [0.1, 0.15) is 6.54 Å². The van der Waals surface area contributed by atoms with Crippen molar-refractivity contribution in [2.24, 2.45) is 14.1 Å². The molecule has 0 radical (unpaired) electrons. The first-order valence-corrected chi connectivity index (χ1v) is 9.40. The minimum atomic E-state index is -0.494. The topological polar surface area (TPSA) is 101 Å². The van der Waals surface area contributed by atoms with Crippen LogP contribution in [0.1, 0.15) is 31.2 Å². The molecule has 4 aromatic rings. The Morgan fingerprint density at radius 1 is 1.07 bits per heavy atom. The molecule has 0 fully saturated rings. The Morgan fingerprint density at radius 2 is 1.76 bits per heavy atom. The molecule has 29 heavy (non-hydrogen) atoms. The van der Waals surface area contributed by atoms with Gasteiger partial charge in [0.05, 0.1) is 0 Å². The molecule has 0 aliphatic rings. The molecule has 0 amide bonds. The number of benzene rings is 1. The van der Waals surface area contributed by atoms with Crippen LogP contribution in [0, 0.1) is 0 Å². The number of nitrogens with zero attached hydrogens (tertiary/aromatic N) is 6. The summed E-state index contributed by atoms with van der Waals surface area (Å²) in [7, 11) is 2.93. The highest BCUT2D eigenvalue weighted by molar-refractivity contribution is 6.29. The van der Waals surface area contributed by atoms with Crippen molar-refractivity contribution in [3.05, 3.63) is 61.8 Å². The van der Waals surface area contributed by atoms with E-state index >= 15 is 0 Å². The Kier molecular flexibility index (Phi) is 4.62. The summed E-state index contributed by atoms with van der Waals surface area (Å²) in [5.41, 5.74) is 1.47. The van der Waals surface area contributed by atoms with Crippen LogP contribution in [-0.2, 0) is 20.6 Å². The summed E-state index contributed by atoms with van der Waals surface area (Å²) in [6.45, 7) is 4.31. The van der Waals surface area contributed by atoms with Crippen molar-refractivity contribution in [3.8, 4) is 11.4 Å². The van der Waals surface area contributed by atoms with Crippen molar-refractivity contribution in [1.82, 2.24) is 28.8 Å². The van der Waals surface area contributed by atoms with E-state index in [0.29, 0.717) is 11.7 Å². The standard InChI is InChI=1S/C19H19ClN6O3/c1-10(2)11-5-7-12(8-6-11)15-21-13(29-23-15)9-26-14-16(22-18(26)20)24(3)19(28)25(4)17(14)27/h5-8,10H,9H2,1-4H3. The van der Waals surface area contributed by atoms with Crippen molar-refractivity contribution in [3.63, 3.8) is 0 Å². The number of hydrogen-bond acceptors (Lipinski definition) is 6. The molecular formula is C19H19ClN6O3. The lowest BCUT2D eigenvalue weighted by Crippen LogP contribution is -2.37. The normalized spacial score (nSPS) is 11.7. The number of rotatable bonds is 4. The number of aryl methyl sites for hydroxylation is 1. The summed E-state index contributed by atoms with van der Waals surface area (Å²) in [5.74, 6) is 1.14. The summed E-state index contributed by atoms with van der Waals surface area (Å²) < 4.78 is 9.09. The summed E-state index contributed by atoms with van der Waals surface area (Å²) in [6, 6.07) is 7.94. The van der Waals surface area contributed by atoms with Crippen molar-refractivity contribution in [1.29, 1.82) is 0 Å². The number of hydrogen-bond donors (Lipinski definition) is 0. The molecule has 0 N–H and O–H groups in total. The van der Waals surface area contributed by atoms with E-state index in [1.165, 1.54) is 28.8 Å². The van der Waals surface area contributed by atoms with Crippen LogP contribution in [0.15, 0.2) is 38.4 Å². The molecule has 9 nitrogen and oxygen atoms in total. The highest BCUT2D eigenvalue weighted by Crippen LogP contribution is 2.22. The van der Waals surface area contributed by atoms with E-state index < -0.39 is 11.2 Å². The molecule has 0 atom stereocenters. The van der Waals surface area contributed by atoms with Crippen LogP contribution in [0.3, 0.4) is 0 Å². The molecule has 0 saturated carbocycles. The Labute approximate surface area is 170 Å². The molecular weight excluding hydrogens is 396 g/mol. The number of halogens is 1. The van der Waals surface area contributed by atoms with Gasteiger partial charge < -0.3 is 4.52 Å². The SMILES string of the molecule is CC(C)c1ccc(-c2noc(Cn3c(Cl)nc4c3c(=O)n(C)c(=O)n4C)n2)cc1. The molecule has 0 aliphatic heterocycles. The minimum absolute atomic E-state index is 0.0549. The fraction of sp³-hybridized carbons (Fsp3) is 0.316. The van der Waals surface area contributed by atoms with E-state index in [4.69, 9.17) is 16.1 Å². The lowest BCUT2D eigenvalue weighted by atomic mass is 10.0. The molecule has 0 aliphatic carbocycles. The molecule has 4 rings (SSSR count). The van der Waals surface area contributed by atoms with Gasteiger partial charge in [0.25, 0.3) is 5.56 Å². The molecule has 1 aromatic carbocycles. The number of fused-ring (bicyclic) bond motifs is 1. The largest absolute Gasteiger partial charge is 0.337 e. The molecule has 0 bridgehead atoms. The van der Waals surface area contributed by atoms with Gasteiger partial charge in [0.2, 0.25) is 17.0 Å². The second-order valence-corrected chi connectivity index (χ2v) is 7.47. The lowest BCUT2D eigenvalue weighted by molar-refractivity contribution is 0.372. The Hall–Kier alpha value is -3.20. The van der Waals surface area contributed by atoms with E-state index in [9.17, 15) is 9.59 Å². The average Bonchev–Trinajstić information content (AvgIpc) is 3.30. The predicted molar refractivity (Wildman–Crippen MR) is 108 cm³/mol. The van der Waals surface area contributed by atoms with Crippen LogP contribution in [0.5, 0.6) is 0 Å². The highest BCUT2D eigenvalue weighted by Gasteiger charge is 2.20. The van der Waals surface area contributed by atoms with Gasteiger partial charge in [0, 0.05) is 19.7 Å². The minimum Gasteiger partial charge on any atom is -0.337 e. The summed E-state index contributed by atoms with van der Waals surface area (Å²) in [6.07, 6.45) is 0. The second kappa shape index (κ2) is 7.00. The summed E-state index contributed by atoms with van der Waals surface area (Å²) in [5, 5.41) is 4.08. The zero-order valence-electron chi connectivity index (χ0n) is 16.4. The molecule has 0 spiro atoms. The van der Waals surface area contributed by atoms with Crippen LogP contribution >= 0.6 is 11.6 Å². The smallest absolute Gasteiger partial charge is 0.332 e. The van der Waals surface area contributed by atoms with E-state index in [0.717, 1.165) is 10.1 Å². The summed E-state index contributed by atoms with van der Waals surface area (Å²) in [4.78, 5) is 33.3. The third-order valence-corrected chi connectivity index (χ3v) is 5.19. The Bertz CT molecular complexity index is 1330. The Balaban J connectivity index is 1.73. The third kappa shape index (κ3) is 3.17. The number of aromatic nitrogens is 6. The zero-order chi connectivity index (χ0) is 20.9. The quantitative estimate of drug-likeness (QED) is 0.475. The second-order valence-electron chi connectivity index (χ2n) is 7.13. The maximum Gasteiger partial charge on any atom is 0.332 e. The van der Waals surface area contributed by atoms with Gasteiger partial charge in [-0.3, -0.25) is 18.5 Å². The molecule has 3 heterocycles. The van der Waals surface area contributed by atoms with Crippen molar-refractivity contribution in [2.75, 3.05) is 0 Å². The zero-order valence-corrected chi connectivity index (χ0v) is 17.1. The average molecular weight is 415 g/mol. The van der Waals surface area contributed by atoms with Gasteiger partial charge in [-0.1, -0.05) is 43.3 Å². The number of imidazole rings is 1. The molecule has 0 saturated heterocycles. The monoisotopic (exact) mass is 414 g/mol. The predicted octanol–water partition coefficient (Wildman–Crippen LogP) is 2.31. The third-order valence-electron chi connectivity index (χ3n) is 4.90. The van der Waals surface area contributed by atoms with Gasteiger partial charge in [-0.25, -0.2) is 4.79 Å². The highest BCUT2D eigenvalue weighted by atomic mass is 35.5. The molecule has 3 aromatic heterocycles. The maximum atomic E-state index is 12.6. The summed E-state index contributed by atoms with van der Waals surface area (Å²) >= 11 is 6.24. The first-order chi connectivity index (χ1) is 13.8. The molecule has 150 valence electrons. The maximum absolute atomic E-state index is 12.6. The molecule has 10 heteroatoms. The first kappa shape index (κ1) is 19.1. The molecule has 0 unspecified atom stereocenters. The van der Waals surface area contributed by atoms with Crippen LogP contribution < -0.4 is 11.2 Å². The fourth-order valence-corrected chi connectivity index (χ4v) is 3.38. The van der Waals surface area contributed by atoms with E-state index in [1.807, 2.05) is 24.3 Å². The van der Waals surface area contributed by atoms with Crippen molar-refractivity contribution >= 4 is 22.8 Å². The van der Waals surface area contributed by atoms with Crippen LogP contribution in [0.25, 0.3) is 22.6 Å². The van der Waals surface area contributed by atoms with E-state index in [1.54, 1.807) is 0 Å². The van der Waals surface area contributed by atoms with Crippen LogP contribution in [0.4, 0.5) is 0 Å². The van der Waals surface area contributed by atoms with Gasteiger partial charge in [-0.2, -0.15) is 9.97 Å². The first-order valence-electron chi connectivity index (χ1n) is 9.02. The van der Waals surface area contributed by atoms with Crippen molar-refractivity contribution < 1.29 is 4.52 Å². The van der Waals surface area contributed by atoms with Crippen LogP contribution in [0.2, 0.25) is 5.28 Å². The van der Waals surface area contributed by atoms with Crippen molar-refractivity contribution in [2.45, 2.75) is 26.3 Å². The van der Waals surface area contributed by atoms with Crippen LogP contribution in [-0.4, -0.2) is 28.8 Å². The van der Waals surface area contributed by atoms with E-state index in [-0.39, 0.29) is 28.9 Å². The van der Waals surface area contributed by atoms with Gasteiger partial charge in [-0.05, 0) is 23.1 Å². The fourth-order valence-electron chi connectivity index (χ4n) is 3.15. The lowest BCUT2D eigenvalue weighted by Gasteiger charge is -2.05. The van der Waals surface area contributed by atoms with Gasteiger partial charge in [0.15, 0.2) is 11.2 Å².